The van der Waals surface area contributed by atoms with Crippen LogP contribution in [0.1, 0.15) is 11.1 Å². The van der Waals surface area contributed by atoms with Crippen molar-refractivity contribution >= 4 is 12.2 Å². The van der Waals surface area contributed by atoms with Crippen molar-refractivity contribution in [2.75, 3.05) is 0 Å². The monoisotopic (exact) mass is 275 g/mol. The van der Waals surface area contributed by atoms with Crippen LogP contribution in [0.4, 0.5) is 4.39 Å². The van der Waals surface area contributed by atoms with Gasteiger partial charge in [0.2, 0.25) is 0 Å². The number of rotatable bonds is 3. The molecule has 0 aliphatic rings. The molecule has 2 heteroatoms. The molecular weight excluding hydrogens is 261 g/mol. The lowest BCUT2D eigenvalue weighted by atomic mass is 10.0. The summed E-state index contributed by atoms with van der Waals surface area (Å²) in [6.07, 6.45) is 5.63. The van der Waals surface area contributed by atoms with Gasteiger partial charge in [-0.15, -0.1) is 0 Å². The van der Waals surface area contributed by atoms with E-state index >= 15 is 0 Å². The summed E-state index contributed by atoms with van der Waals surface area (Å²) in [7, 11) is 0. The SMILES string of the molecule is Fc1ccc(-c2ccccn2)c(/C=C/c2ccccc2)c1. The Labute approximate surface area is 123 Å². The Balaban J connectivity index is 2.02. The number of benzene rings is 2. The van der Waals surface area contributed by atoms with E-state index < -0.39 is 0 Å². The van der Waals surface area contributed by atoms with Crippen LogP contribution in [0.25, 0.3) is 23.4 Å². The molecule has 0 N–H and O–H groups in total. The summed E-state index contributed by atoms with van der Waals surface area (Å²) < 4.78 is 13.5. The van der Waals surface area contributed by atoms with Crippen LogP contribution in [-0.2, 0) is 0 Å². The molecule has 21 heavy (non-hydrogen) atoms. The van der Waals surface area contributed by atoms with Crippen molar-refractivity contribution in [1.82, 2.24) is 4.98 Å². The van der Waals surface area contributed by atoms with Crippen LogP contribution in [-0.4, -0.2) is 4.98 Å². The zero-order valence-corrected chi connectivity index (χ0v) is 11.4. The minimum absolute atomic E-state index is 0.248. The van der Waals surface area contributed by atoms with Gasteiger partial charge in [0.1, 0.15) is 5.82 Å². The number of hydrogen-bond acceptors (Lipinski definition) is 1. The molecule has 0 aliphatic carbocycles. The third kappa shape index (κ3) is 3.23. The van der Waals surface area contributed by atoms with Crippen molar-refractivity contribution in [2.45, 2.75) is 0 Å². The van der Waals surface area contributed by atoms with Crippen LogP contribution >= 0.6 is 0 Å². The van der Waals surface area contributed by atoms with E-state index in [-0.39, 0.29) is 5.82 Å². The predicted molar refractivity (Wildman–Crippen MR) is 85.0 cm³/mol. The minimum Gasteiger partial charge on any atom is -0.256 e. The molecule has 0 bridgehead atoms. The van der Waals surface area contributed by atoms with E-state index in [1.807, 2.05) is 60.7 Å². The van der Waals surface area contributed by atoms with E-state index in [1.165, 1.54) is 12.1 Å². The average molecular weight is 275 g/mol. The first-order valence-corrected chi connectivity index (χ1v) is 6.77. The average Bonchev–Trinajstić information content (AvgIpc) is 2.55. The van der Waals surface area contributed by atoms with E-state index in [0.29, 0.717) is 0 Å². The maximum absolute atomic E-state index is 13.5. The number of aromatic nitrogens is 1. The zero-order chi connectivity index (χ0) is 14.5. The lowest BCUT2D eigenvalue weighted by molar-refractivity contribution is 0.627. The molecule has 0 aliphatic heterocycles. The molecule has 0 saturated heterocycles. The maximum atomic E-state index is 13.5. The Kier molecular flexibility index (Phi) is 3.88. The van der Waals surface area contributed by atoms with Crippen molar-refractivity contribution in [3.8, 4) is 11.3 Å². The highest BCUT2D eigenvalue weighted by Crippen LogP contribution is 2.24. The molecule has 2 aromatic carbocycles. The number of halogens is 1. The van der Waals surface area contributed by atoms with Crippen molar-refractivity contribution in [1.29, 1.82) is 0 Å². The standard InChI is InChI=1S/C19H14FN/c20-17-11-12-18(19-8-4-5-13-21-19)16(14-17)10-9-15-6-2-1-3-7-15/h1-14H/b10-9+. The maximum Gasteiger partial charge on any atom is 0.123 e. The summed E-state index contributed by atoms with van der Waals surface area (Å²) in [4.78, 5) is 4.34. The first-order valence-electron chi connectivity index (χ1n) is 6.77. The highest BCUT2D eigenvalue weighted by atomic mass is 19.1. The van der Waals surface area contributed by atoms with Crippen LogP contribution in [0.5, 0.6) is 0 Å². The fourth-order valence-electron chi connectivity index (χ4n) is 2.18. The van der Waals surface area contributed by atoms with E-state index in [1.54, 1.807) is 12.3 Å². The van der Waals surface area contributed by atoms with Crippen LogP contribution in [0, 0.1) is 5.82 Å². The van der Waals surface area contributed by atoms with Crippen molar-refractivity contribution in [3.63, 3.8) is 0 Å². The third-order valence-corrected chi connectivity index (χ3v) is 3.21. The van der Waals surface area contributed by atoms with Crippen molar-refractivity contribution in [3.05, 3.63) is 89.9 Å². The Morgan fingerprint density at radius 1 is 0.810 bits per heavy atom. The Bertz CT molecular complexity index is 749. The molecule has 0 spiro atoms. The molecule has 102 valence electrons. The van der Waals surface area contributed by atoms with Crippen molar-refractivity contribution in [2.24, 2.45) is 0 Å². The van der Waals surface area contributed by atoms with Crippen LogP contribution in [0.3, 0.4) is 0 Å². The number of pyridine rings is 1. The lowest BCUT2D eigenvalue weighted by Crippen LogP contribution is -1.88. The molecule has 0 radical (unpaired) electrons. The van der Waals surface area contributed by atoms with Gasteiger partial charge in [-0.25, -0.2) is 4.39 Å². The van der Waals surface area contributed by atoms with Gasteiger partial charge in [-0.1, -0.05) is 48.6 Å². The van der Waals surface area contributed by atoms with Gasteiger partial charge in [-0.2, -0.15) is 0 Å². The highest BCUT2D eigenvalue weighted by molar-refractivity contribution is 5.79. The topological polar surface area (TPSA) is 12.9 Å². The molecular formula is C19H14FN. The van der Waals surface area contributed by atoms with Crippen molar-refractivity contribution < 1.29 is 4.39 Å². The normalized spacial score (nSPS) is 10.9. The van der Waals surface area contributed by atoms with Crippen LogP contribution < -0.4 is 0 Å². The number of nitrogens with zero attached hydrogens (tertiary/aromatic N) is 1. The van der Waals surface area contributed by atoms with Gasteiger partial charge in [0.25, 0.3) is 0 Å². The molecule has 1 nitrogen and oxygen atoms in total. The summed E-state index contributed by atoms with van der Waals surface area (Å²) in [6, 6.07) is 20.4. The summed E-state index contributed by atoms with van der Waals surface area (Å²) in [6.45, 7) is 0. The van der Waals surface area contributed by atoms with Crippen LogP contribution in [0.2, 0.25) is 0 Å². The predicted octanol–water partition coefficient (Wildman–Crippen LogP) is 5.06. The molecule has 3 aromatic rings. The molecule has 0 fully saturated rings. The highest BCUT2D eigenvalue weighted by Gasteiger charge is 2.05. The second-order valence-electron chi connectivity index (χ2n) is 4.69. The molecule has 0 unspecified atom stereocenters. The lowest BCUT2D eigenvalue weighted by Gasteiger charge is -2.05. The summed E-state index contributed by atoms with van der Waals surface area (Å²) >= 11 is 0. The van der Waals surface area contributed by atoms with Gasteiger partial charge in [-0.05, 0) is 41.5 Å². The Morgan fingerprint density at radius 3 is 2.38 bits per heavy atom. The zero-order valence-electron chi connectivity index (χ0n) is 11.4. The fourth-order valence-corrected chi connectivity index (χ4v) is 2.18. The van der Waals surface area contributed by atoms with Gasteiger partial charge in [0, 0.05) is 11.8 Å². The van der Waals surface area contributed by atoms with E-state index in [9.17, 15) is 4.39 Å². The van der Waals surface area contributed by atoms with Gasteiger partial charge in [0.15, 0.2) is 0 Å². The minimum atomic E-state index is -0.248. The quantitative estimate of drug-likeness (QED) is 0.609. The fraction of sp³-hybridized carbons (Fsp3) is 0. The van der Waals surface area contributed by atoms with Gasteiger partial charge in [-0.3, -0.25) is 4.98 Å². The summed E-state index contributed by atoms with van der Waals surface area (Å²) in [5.41, 5.74) is 3.65. The smallest absolute Gasteiger partial charge is 0.123 e. The second-order valence-corrected chi connectivity index (χ2v) is 4.69. The van der Waals surface area contributed by atoms with E-state index in [4.69, 9.17) is 0 Å². The molecule has 1 heterocycles. The second kappa shape index (κ2) is 6.14. The van der Waals surface area contributed by atoms with E-state index in [0.717, 1.165) is 22.4 Å². The Morgan fingerprint density at radius 2 is 1.62 bits per heavy atom. The molecule has 0 atom stereocenters. The van der Waals surface area contributed by atoms with E-state index in [2.05, 4.69) is 4.98 Å². The first kappa shape index (κ1) is 13.3. The molecule has 3 rings (SSSR count). The molecule has 0 amide bonds. The third-order valence-electron chi connectivity index (χ3n) is 3.21. The largest absolute Gasteiger partial charge is 0.256 e. The van der Waals surface area contributed by atoms with Gasteiger partial charge >= 0.3 is 0 Å². The Hall–Kier alpha value is -2.74. The molecule has 1 aromatic heterocycles. The molecule has 0 saturated carbocycles. The summed E-state index contributed by atoms with van der Waals surface area (Å²) in [5, 5.41) is 0. The number of hydrogen-bond donors (Lipinski definition) is 0. The van der Waals surface area contributed by atoms with Gasteiger partial charge < -0.3 is 0 Å². The van der Waals surface area contributed by atoms with Crippen LogP contribution in [0.15, 0.2) is 72.9 Å². The first-order chi connectivity index (χ1) is 10.3. The van der Waals surface area contributed by atoms with Gasteiger partial charge in [0.05, 0.1) is 5.69 Å². The summed E-state index contributed by atoms with van der Waals surface area (Å²) in [5.74, 6) is -0.248.